The summed E-state index contributed by atoms with van der Waals surface area (Å²) in [5.74, 6) is -0.153. The fourth-order valence-electron chi connectivity index (χ4n) is 2.48. The van der Waals surface area contributed by atoms with E-state index in [0.717, 1.165) is 28.1 Å². The summed E-state index contributed by atoms with van der Waals surface area (Å²) < 4.78 is 15.4. The molecule has 1 aromatic carbocycles. The number of hydrogen-bond acceptors (Lipinski definition) is 3. The van der Waals surface area contributed by atoms with Crippen LogP contribution in [-0.2, 0) is 6.54 Å². The lowest BCUT2D eigenvalue weighted by Crippen LogP contribution is -2.24. The molecule has 0 aliphatic carbocycles. The van der Waals surface area contributed by atoms with Crippen molar-refractivity contribution in [3.05, 3.63) is 50.4 Å². The van der Waals surface area contributed by atoms with Gasteiger partial charge in [-0.25, -0.2) is 4.39 Å². The molecule has 114 valence electrons. The highest BCUT2D eigenvalue weighted by molar-refractivity contribution is 9.11. The molecule has 1 N–H and O–H groups in total. The second-order valence-corrected chi connectivity index (χ2v) is 7.36. The van der Waals surface area contributed by atoms with E-state index < -0.39 is 0 Å². The van der Waals surface area contributed by atoms with E-state index in [0.29, 0.717) is 0 Å². The van der Waals surface area contributed by atoms with Crippen molar-refractivity contribution >= 4 is 33.0 Å². The summed E-state index contributed by atoms with van der Waals surface area (Å²) >= 11 is 5.15. The van der Waals surface area contributed by atoms with Gasteiger partial charge in [0.1, 0.15) is 5.82 Å². The Hall–Kier alpha value is -0.910. The van der Waals surface area contributed by atoms with Crippen molar-refractivity contribution in [1.29, 1.82) is 0 Å². The lowest BCUT2D eigenvalue weighted by atomic mass is 10.0. The Kier molecular flexibility index (Phi) is 5.79. The minimum absolute atomic E-state index is 0.0112. The molecule has 2 nitrogen and oxygen atoms in total. The van der Waals surface area contributed by atoms with Crippen molar-refractivity contribution in [2.24, 2.45) is 0 Å². The molecule has 0 saturated heterocycles. The molecule has 1 aromatic heterocycles. The average molecular weight is 371 g/mol. The van der Waals surface area contributed by atoms with Gasteiger partial charge in [-0.2, -0.15) is 0 Å². The number of nitrogens with one attached hydrogen (secondary N) is 1. The first-order chi connectivity index (χ1) is 10.0. The molecule has 0 fully saturated rings. The van der Waals surface area contributed by atoms with Gasteiger partial charge in [-0.1, -0.05) is 13.0 Å². The molecule has 21 heavy (non-hydrogen) atoms. The van der Waals surface area contributed by atoms with Gasteiger partial charge in [0.2, 0.25) is 0 Å². The van der Waals surface area contributed by atoms with Crippen LogP contribution in [0.1, 0.15) is 31.0 Å². The Bertz CT molecular complexity index is 600. The van der Waals surface area contributed by atoms with E-state index in [1.165, 1.54) is 11.6 Å². The number of halogens is 2. The van der Waals surface area contributed by atoms with E-state index in [9.17, 15) is 4.39 Å². The van der Waals surface area contributed by atoms with Gasteiger partial charge < -0.3 is 10.2 Å². The molecular formula is C16H20BrFN2S. The maximum atomic E-state index is 14.3. The summed E-state index contributed by atoms with van der Waals surface area (Å²) in [5, 5.41) is 5.41. The molecule has 0 aliphatic heterocycles. The normalized spacial score (nSPS) is 12.4. The molecule has 1 atom stereocenters. The third kappa shape index (κ3) is 4.05. The van der Waals surface area contributed by atoms with E-state index in [1.807, 2.05) is 27.0 Å². The van der Waals surface area contributed by atoms with Crippen LogP contribution in [0.25, 0.3) is 0 Å². The van der Waals surface area contributed by atoms with Crippen molar-refractivity contribution in [3.8, 4) is 0 Å². The Labute approximate surface area is 138 Å². The number of thiophene rings is 1. The Balaban J connectivity index is 2.27. The third-order valence-electron chi connectivity index (χ3n) is 3.43. The van der Waals surface area contributed by atoms with Gasteiger partial charge in [0.05, 0.1) is 3.79 Å². The van der Waals surface area contributed by atoms with Crippen LogP contribution in [0.5, 0.6) is 0 Å². The molecule has 2 aromatic rings. The highest BCUT2D eigenvalue weighted by Crippen LogP contribution is 2.30. The lowest BCUT2D eigenvalue weighted by molar-refractivity contribution is 0.540. The van der Waals surface area contributed by atoms with E-state index in [2.05, 4.69) is 37.6 Å². The predicted molar refractivity (Wildman–Crippen MR) is 92.6 cm³/mol. The second-order valence-electron chi connectivity index (χ2n) is 5.07. The third-order valence-corrected chi connectivity index (χ3v) is 4.98. The number of rotatable bonds is 6. The number of hydrogen-bond donors (Lipinski definition) is 1. The zero-order valence-corrected chi connectivity index (χ0v) is 14.9. The van der Waals surface area contributed by atoms with E-state index in [1.54, 1.807) is 17.4 Å². The standard InChI is InChI=1S/C16H20BrFN2S/c1-4-19-11(2)16-13(18)6-5-7-14(16)20(3)9-12-8-15(17)21-10-12/h5-8,10-11,19H,4,9H2,1-3H3. The maximum Gasteiger partial charge on any atom is 0.130 e. The molecule has 0 aliphatic rings. The Morgan fingerprint density at radius 1 is 1.43 bits per heavy atom. The minimum Gasteiger partial charge on any atom is -0.370 e. The smallest absolute Gasteiger partial charge is 0.130 e. The Morgan fingerprint density at radius 2 is 2.19 bits per heavy atom. The summed E-state index contributed by atoms with van der Waals surface area (Å²) in [6, 6.07) is 7.37. The summed E-state index contributed by atoms with van der Waals surface area (Å²) in [6.45, 7) is 5.61. The van der Waals surface area contributed by atoms with Crippen LogP contribution in [-0.4, -0.2) is 13.6 Å². The predicted octanol–water partition coefficient (Wildman–Crippen LogP) is 4.96. The van der Waals surface area contributed by atoms with Crippen molar-refractivity contribution < 1.29 is 4.39 Å². The molecule has 1 heterocycles. The van der Waals surface area contributed by atoms with Gasteiger partial charge in [-0.3, -0.25) is 0 Å². The van der Waals surface area contributed by atoms with Crippen molar-refractivity contribution in [1.82, 2.24) is 5.32 Å². The van der Waals surface area contributed by atoms with Crippen LogP contribution >= 0.6 is 27.3 Å². The number of anilines is 1. The van der Waals surface area contributed by atoms with Gasteiger partial charge >= 0.3 is 0 Å². The van der Waals surface area contributed by atoms with Gasteiger partial charge in [0, 0.05) is 30.9 Å². The molecular weight excluding hydrogens is 351 g/mol. The highest BCUT2D eigenvalue weighted by atomic mass is 79.9. The topological polar surface area (TPSA) is 15.3 Å². The van der Waals surface area contributed by atoms with Crippen molar-refractivity contribution in [3.63, 3.8) is 0 Å². The highest BCUT2D eigenvalue weighted by Gasteiger charge is 2.17. The molecule has 2 rings (SSSR count). The monoisotopic (exact) mass is 370 g/mol. The number of benzene rings is 1. The van der Waals surface area contributed by atoms with Crippen LogP contribution in [0.2, 0.25) is 0 Å². The largest absolute Gasteiger partial charge is 0.370 e. The quantitative estimate of drug-likeness (QED) is 0.772. The molecule has 0 spiro atoms. The van der Waals surface area contributed by atoms with E-state index >= 15 is 0 Å². The molecule has 0 saturated carbocycles. The van der Waals surface area contributed by atoms with Crippen LogP contribution in [0.3, 0.4) is 0 Å². The van der Waals surface area contributed by atoms with Gasteiger partial charge in [0.25, 0.3) is 0 Å². The summed E-state index contributed by atoms with van der Waals surface area (Å²) in [4.78, 5) is 2.10. The first-order valence-electron chi connectivity index (χ1n) is 6.98. The summed E-state index contributed by atoms with van der Waals surface area (Å²) in [5.41, 5.74) is 2.89. The summed E-state index contributed by atoms with van der Waals surface area (Å²) in [7, 11) is 2.00. The minimum atomic E-state index is -0.153. The molecule has 0 amide bonds. The zero-order valence-electron chi connectivity index (χ0n) is 12.5. The first kappa shape index (κ1) is 16.5. The Morgan fingerprint density at radius 3 is 2.81 bits per heavy atom. The van der Waals surface area contributed by atoms with E-state index in [-0.39, 0.29) is 11.9 Å². The lowest BCUT2D eigenvalue weighted by Gasteiger charge is -2.25. The van der Waals surface area contributed by atoms with Crippen LogP contribution in [0, 0.1) is 5.82 Å². The first-order valence-corrected chi connectivity index (χ1v) is 8.66. The maximum absolute atomic E-state index is 14.3. The SMILES string of the molecule is CCNC(C)c1c(F)cccc1N(C)Cc1csc(Br)c1. The average Bonchev–Trinajstić information content (AvgIpc) is 2.83. The van der Waals surface area contributed by atoms with Gasteiger partial charge in [0.15, 0.2) is 0 Å². The fourth-order valence-corrected chi connectivity index (χ4v) is 3.68. The van der Waals surface area contributed by atoms with Crippen LogP contribution in [0.15, 0.2) is 33.4 Å². The van der Waals surface area contributed by atoms with Crippen molar-refractivity contribution in [2.75, 3.05) is 18.5 Å². The fraction of sp³-hybridized carbons (Fsp3) is 0.375. The van der Waals surface area contributed by atoms with Gasteiger partial charge in [-0.15, -0.1) is 11.3 Å². The zero-order chi connectivity index (χ0) is 15.4. The number of nitrogens with zero attached hydrogens (tertiary/aromatic N) is 1. The van der Waals surface area contributed by atoms with Gasteiger partial charge in [-0.05, 0) is 58.5 Å². The molecule has 1 unspecified atom stereocenters. The summed E-state index contributed by atoms with van der Waals surface area (Å²) in [6.07, 6.45) is 0. The second kappa shape index (κ2) is 7.38. The van der Waals surface area contributed by atoms with Crippen LogP contribution < -0.4 is 10.2 Å². The molecule has 5 heteroatoms. The molecule has 0 radical (unpaired) electrons. The van der Waals surface area contributed by atoms with Crippen LogP contribution in [0.4, 0.5) is 10.1 Å². The van der Waals surface area contributed by atoms with E-state index in [4.69, 9.17) is 0 Å². The van der Waals surface area contributed by atoms with Crippen molar-refractivity contribution in [2.45, 2.75) is 26.4 Å². The molecule has 0 bridgehead atoms.